The molecule has 1 aliphatic rings. The Morgan fingerprint density at radius 2 is 2.00 bits per heavy atom. The maximum atomic E-state index is 12.9. The number of rotatable bonds is 4. The van der Waals surface area contributed by atoms with Gasteiger partial charge < -0.3 is 10.1 Å². The molecule has 1 aromatic carbocycles. The molecule has 8 heteroatoms. The number of ether oxygens (including phenoxy) is 1. The van der Waals surface area contributed by atoms with E-state index in [0.717, 1.165) is 38.1 Å². The molecule has 0 aromatic heterocycles. The van der Waals surface area contributed by atoms with Gasteiger partial charge in [0.25, 0.3) is 5.69 Å². The molecule has 0 atom stereocenters. The van der Waals surface area contributed by atoms with E-state index in [0.29, 0.717) is 6.07 Å². The molecular weight excluding hydrogens is 289 g/mol. The molecule has 116 valence electrons. The molecule has 0 bridgehead atoms. The first kappa shape index (κ1) is 15.6. The van der Waals surface area contributed by atoms with Crippen LogP contribution in [0.15, 0.2) is 18.2 Å². The Morgan fingerprint density at radius 1 is 1.33 bits per heavy atom. The Kier molecular flexibility index (Phi) is 4.66. The summed E-state index contributed by atoms with van der Waals surface area (Å²) in [6.07, 6.45) is -3.00. The van der Waals surface area contributed by atoms with Crippen molar-refractivity contribution in [1.29, 1.82) is 0 Å². The summed E-state index contributed by atoms with van der Waals surface area (Å²) in [6.45, 7) is 1.82. The number of piperidine rings is 1. The Morgan fingerprint density at radius 3 is 2.57 bits per heavy atom. The van der Waals surface area contributed by atoms with Crippen molar-refractivity contribution in [2.75, 3.05) is 19.7 Å². The molecule has 0 amide bonds. The molecule has 0 spiro atoms. The molecule has 1 N–H and O–H groups in total. The molecule has 1 aromatic rings. The highest BCUT2D eigenvalue weighted by Crippen LogP contribution is 2.38. The van der Waals surface area contributed by atoms with Crippen LogP contribution >= 0.6 is 0 Å². The quantitative estimate of drug-likeness (QED) is 0.686. The minimum atomic E-state index is -4.69. The Bertz CT molecular complexity index is 514. The lowest BCUT2D eigenvalue weighted by Crippen LogP contribution is -2.30. The fraction of sp³-hybridized carbons (Fsp3) is 0.538. The van der Waals surface area contributed by atoms with Gasteiger partial charge in [0, 0.05) is 12.1 Å². The summed E-state index contributed by atoms with van der Waals surface area (Å²) in [5.74, 6) is -0.158. The molecule has 0 aliphatic carbocycles. The molecule has 5 nitrogen and oxygen atoms in total. The van der Waals surface area contributed by atoms with Crippen LogP contribution in [0.25, 0.3) is 0 Å². The predicted molar refractivity (Wildman–Crippen MR) is 69.2 cm³/mol. The molecule has 2 rings (SSSR count). The van der Waals surface area contributed by atoms with E-state index in [1.807, 2.05) is 0 Å². The van der Waals surface area contributed by atoms with Crippen molar-refractivity contribution in [2.45, 2.75) is 19.0 Å². The zero-order chi connectivity index (χ0) is 15.5. The van der Waals surface area contributed by atoms with Gasteiger partial charge in [-0.25, -0.2) is 0 Å². The molecule has 1 saturated heterocycles. The highest BCUT2D eigenvalue weighted by atomic mass is 19.4. The second kappa shape index (κ2) is 6.30. The summed E-state index contributed by atoms with van der Waals surface area (Å²) in [5, 5.41) is 13.7. The van der Waals surface area contributed by atoms with Crippen LogP contribution in [0.2, 0.25) is 0 Å². The Balaban J connectivity index is 2.15. The smallest absolute Gasteiger partial charge is 0.420 e. The highest BCUT2D eigenvalue weighted by Gasteiger charge is 2.36. The Labute approximate surface area is 119 Å². The van der Waals surface area contributed by atoms with Crippen molar-refractivity contribution in [2.24, 2.45) is 5.92 Å². The lowest BCUT2D eigenvalue weighted by Gasteiger charge is -2.23. The summed E-state index contributed by atoms with van der Waals surface area (Å²) >= 11 is 0. The topological polar surface area (TPSA) is 64.4 Å². The van der Waals surface area contributed by atoms with Gasteiger partial charge in [0.1, 0.15) is 11.3 Å². The van der Waals surface area contributed by atoms with E-state index in [-0.39, 0.29) is 18.3 Å². The second-order valence-electron chi connectivity index (χ2n) is 4.94. The fourth-order valence-electron chi connectivity index (χ4n) is 2.23. The zero-order valence-corrected chi connectivity index (χ0v) is 11.2. The molecule has 21 heavy (non-hydrogen) atoms. The van der Waals surface area contributed by atoms with Gasteiger partial charge in [0.2, 0.25) is 0 Å². The Hall–Kier alpha value is -1.83. The van der Waals surface area contributed by atoms with E-state index < -0.39 is 22.4 Å². The van der Waals surface area contributed by atoms with E-state index in [9.17, 15) is 23.3 Å². The monoisotopic (exact) mass is 304 g/mol. The van der Waals surface area contributed by atoms with E-state index in [4.69, 9.17) is 4.74 Å². The molecule has 1 aliphatic heterocycles. The van der Waals surface area contributed by atoms with Crippen molar-refractivity contribution >= 4 is 5.69 Å². The van der Waals surface area contributed by atoms with E-state index in [2.05, 4.69) is 5.32 Å². The van der Waals surface area contributed by atoms with Crippen molar-refractivity contribution < 1.29 is 22.8 Å². The van der Waals surface area contributed by atoms with Gasteiger partial charge in [-0.3, -0.25) is 10.1 Å². The van der Waals surface area contributed by atoms with Crippen molar-refractivity contribution in [3.05, 3.63) is 33.9 Å². The third-order valence-corrected chi connectivity index (χ3v) is 3.41. The number of benzene rings is 1. The third kappa shape index (κ3) is 4.07. The third-order valence-electron chi connectivity index (χ3n) is 3.41. The molecule has 0 unspecified atom stereocenters. The molecule has 0 radical (unpaired) electrons. The van der Waals surface area contributed by atoms with Gasteiger partial charge in [-0.05, 0) is 37.9 Å². The summed E-state index contributed by atoms with van der Waals surface area (Å²) in [6, 6.07) is 2.55. The summed E-state index contributed by atoms with van der Waals surface area (Å²) in [5.41, 5.74) is -1.71. The van der Waals surface area contributed by atoms with Crippen LogP contribution in [0.5, 0.6) is 5.75 Å². The summed E-state index contributed by atoms with van der Waals surface area (Å²) in [7, 11) is 0. The number of nitrogens with one attached hydrogen (secondary N) is 1. The standard InChI is InChI=1S/C13H15F3N2O3/c14-13(15,16)11-7-10(18(19)20)1-2-12(11)21-8-9-3-5-17-6-4-9/h1-2,7,9,17H,3-6,8H2. The van der Waals surface area contributed by atoms with Gasteiger partial charge in [-0.15, -0.1) is 0 Å². The van der Waals surface area contributed by atoms with Gasteiger partial charge in [0.05, 0.1) is 11.5 Å². The molecule has 1 heterocycles. The van der Waals surface area contributed by atoms with Crippen LogP contribution < -0.4 is 10.1 Å². The van der Waals surface area contributed by atoms with Gasteiger partial charge in [0.15, 0.2) is 0 Å². The van der Waals surface area contributed by atoms with E-state index >= 15 is 0 Å². The number of halogens is 3. The molecule has 0 saturated carbocycles. The van der Waals surface area contributed by atoms with Crippen molar-refractivity contribution in [1.82, 2.24) is 5.32 Å². The molecule has 1 fully saturated rings. The number of non-ortho nitro benzene ring substituents is 1. The molecular formula is C13H15F3N2O3. The normalized spacial score (nSPS) is 16.7. The summed E-state index contributed by atoms with van der Waals surface area (Å²) in [4.78, 5) is 9.73. The van der Waals surface area contributed by atoms with Crippen LogP contribution in [0.4, 0.5) is 18.9 Å². The number of hydrogen-bond acceptors (Lipinski definition) is 4. The zero-order valence-electron chi connectivity index (χ0n) is 11.2. The number of alkyl halides is 3. The second-order valence-corrected chi connectivity index (χ2v) is 4.94. The van der Waals surface area contributed by atoms with Crippen molar-refractivity contribution in [3.63, 3.8) is 0 Å². The number of nitro groups is 1. The van der Waals surface area contributed by atoms with Crippen LogP contribution in [0.1, 0.15) is 18.4 Å². The highest BCUT2D eigenvalue weighted by molar-refractivity contribution is 5.45. The van der Waals surface area contributed by atoms with Crippen LogP contribution in [-0.2, 0) is 6.18 Å². The average Bonchev–Trinajstić information content (AvgIpc) is 2.45. The van der Waals surface area contributed by atoms with Crippen LogP contribution in [0.3, 0.4) is 0 Å². The first-order valence-corrected chi connectivity index (χ1v) is 6.57. The predicted octanol–water partition coefficient (Wildman–Crippen LogP) is 2.99. The maximum absolute atomic E-state index is 12.9. The fourth-order valence-corrected chi connectivity index (χ4v) is 2.23. The number of hydrogen-bond donors (Lipinski definition) is 1. The first-order valence-electron chi connectivity index (χ1n) is 6.57. The van der Waals surface area contributed by atoms with Gasteiger partial charge in [-0.2, -0.15) is 13.2 Å². The number of nitrogens with zero attached hydrogens (tertiary/aromatic N) is 1. The van der Waals surface area contributed by atoms with Gasteiger partial charge >= 0.3 is 6.18 Å². The van der Waals surface area contributed by atoms with Crippen LogP contribution in [0, 0.1) is 16.0 Å². The lowest BCUT2D eigenvalue weighted by molar-refractivity contribution is -0.385. The van der Waals surface area contributed by atoms with Gasteiger partial charge in [-0.1, -0.05) is 0 Å². The maximum Gasteiger partial charge on any atom is 0.420 e. The van der Waals surface area contributed by atoms with Crippen molar-refractivity contribution in [3.8, 4) is 5.75 Å². The average molecular weight is 304 g/mol. The largest absolute Gasteiger partial charge is 0.493 e. The number of nitro benzene ring substituents is 1. The van der Waals surface area contributed by atoms with E-state index in [1.54, 1.807) is 0 Å². The minimum absolute atomic E-state index is 0.183. The summed E-state index contributed by atoms with van der Waals surface area (Å²) < 4.78 is 44.1. The minimum Gasteiger partial charge on any atom is -0.493 e. The SMILES string of the molecule is O=[N+]([O-])c1ccc(OCC2CCNCC2)c(C(F)(F)F)c1. The lowest BCUT2D eigenvalue weighted by atomic mass is 9.99. The van der Waals surface area contributed by atoms with Crippen LogP contribution in [-0.4, -0.2) is 24.6 Å². The first-order chi connectivity index (χ1) is 9.88. The van der Waals surface area contributed by atoms with E-state index in [1.165, 1.54) is 0 Å².